The molecule has 0 aliphatic carbocycles. The Kier molecular flexibility index (Phi) is 4.92. The number of hydrogen-bond donors (Lipinski definition) is 4. The van der Waals surface area contributed by atoms with Gasteiger partial charge in [-0.15, -0.1) is 0 Å². The summed E-state index contributed by atoms with van der Waals surface area (Å²) in [5, 5.41) is 13.3. The van der Waals surface area contributed by atoms with Crippen LogP contribution in [0.4, 0.5) is 23.7 Å². The molecule has 0 saturated carbocycles. The topological polar surface area (TPSA) is 104 Å². The van der Waals surface area contributed by atoms with Gasteiger partial charge in [-0.3, -0.25) is 0 Å². The van der Waals surface area contributed by atoms with Crippen LogP contribution in [0.15, 0.2) is 18.2 Å². The normalized spacial score (nSPS) is 11.0. The predicted molar refractivity (Wildman–Crippen MR) is 64.5 cm³/mol. The first kappa shape index (κ1) is 15.8. The van der Waals surface area contributed by atoms with Crippen LogP contribution in [0.1, 0.15) is 15.9 Å². The van der Waals surface area contributed by atoms with Crippen LogP contribution in [0.5, 0.6) is 0 Å². The number of halogens is 3. The van der Waals surface area contributed by atoms with E-state index in [2.05, 4.69) is 10.6 Å². The van der Waals surface area contributed by atoms with Crippen molar-refractivity contribution in [1.82, 2.24) is 5.32 Å². The van der Waals surface area contributed by atoms with Gasteiger partial charge in [0.2, 0.25) is 0 Å². The van der Waals surface area contributed by atoms with Crippen molar-refractivity contribution in [3.63, 3.8) is 0 Å². The van der Waals surface area contributed by atoms with E-state index < -0.39 is 29.3 Å². The molecule has 0 radical (unpaired) electrons. The van der Waals surface area contributed by atoms with E-state index >= 15 is 0 Å². The molecule has 1 aromatic carbocycles. The second-order valence-corrected chi connectivity index (χ2v) is 3.73. The quantitative estimate of drug-likeness (QED) is 0.674. The molecule has 0 unspecified atom stereocenters. The fourth-order valence-electron chi connectivity index (χ4n) is 1.36. The molecule has 0 heterocycles. The summed E-state index contributed by atoms with van der Waals surface area (Å²) in [6.07, 6.45) is -4.66. The van der Waals surface area contributed by atoms with E-state index in [4.69, 9.17) is 10.8 Å². The Morgan fingerprint density at radius 3 is 2.45 bits per heavy atom. The van der Waals surface area contributed by atoms with Crippen LogP contribution in [0, 0.1) is 0 Å². The molecule has 1 rings (SSSR count). The molecule has 20 heavy (non-hydrogen) atoms. The lowest BCUT2D eigenvalue weighted by atomic mass is 10.1. The number of benzene rings is 1. The lowest BCUT2D eigenvalue weighted by Gasteiger charge is -2.12. The minimum atomic E-state index is -4.66. The van der Waals surface area contributed by atoms with Crippen LogP contribution in [0.3, 0.4) is 0 Å². The average Bonchev–Trinajstić information content (AvgIpc) is 2.35. The molecule has 110 valence electrons. The molecule has 5 N–H and O–H groups in total. The number of carbonyl (C=O) groups excluding carboxylic acids is 1. The Balaban J connectivity index is 3.02. The van der Waals surface area contributed by atoms with Crippen LogP contribution in [-0.4, -0.2) is 30.2 Å². The zero-order valence-electron chi connectivity index (χ0n) is 10.1. The number of aromatic carboxylic acids is 1. The van der Waals surface area contributed by atoms with Crippen LogP contribution < -0.4 is 16.4 Å². The smallest absolute Gasteiger partial charge is 0.416 e. The van der Waals surface area contributed by atoms with Crippen molar-refractivity contribution in [2.45, 2.75) is 6.18 Å². The van der Waals surface area contributed by atoms with E-state index in [-0.39, 0.29) is 18.8 Å². The average molecular weight is 291 g/mol. The summed E-state index contributed by atoms with van der Waals surface area (Å²) < 4.78 is 37.5. The molecule has 0 fully saturated rings. The predicted octanol–water partition coefficient (Wildman–Crippen LogP) is 1.48. The number of rotatable bonds is 4. The van der Waals surface area contributed by atoms with E-state index in [9.17, 15) is 22.8 Å². The molecule has 9 heteroatoms. The van der Waals surface area contributed by atoms with Gasteiger partial charge in [-0.25, -0.2) is 9.59 Å². The standard InChI is InChI=1S/C11H12F3N3O3/c12-11(13,14)6-1-2-8(7(5-6)9(18)19)17-10(20)16-4-3-15/h1-2,5H,3-4,15H2,(H,18,19)(H2,16,17,20). The lowest BCUT2D eigenvalue weighted by Crippen LogP contribution is -2.33. The third kappa shape index (κ3) is 4.12. The molecular formula is C11H12F3N3O3. The summed E-state index contributed by atoms with van der Waals surface area (Å²) in [6, 6.07) is 1.28. The van der Waals surface area contributed by atoms with E-state index in [1.54, 1.807) is 0 Å². The van der Waals surface area contributed by atoms with Gasteiger partial charge in [-0.05, 0) is 18.2 Å². The number of nitrogens with one attached hydrogen (secondary N) is 2. The molecule has 6 nitrogen and oxygen atoms in total. The number of amides is 2. The number of urea groups is 1. The maximum absolute atomic E-state index is 12.5. The molecule has 0 aliphatic rings. The van der Waals surface area contributed by atoms with Crippen molar-refractivity contribution in [2.24, 2.45) is 5.73 Å². The SMILES string of the molecule is NCCNC(=O)Nc1ccc(C(F)(F)F)cc1C(=O)O. The number of alkyl halides is 3. The van der Waals surface area contributed by atoms with Gasteiger partial charge in [0, 0.05) is 13.1 Å². The van der Waals surface area contributed by atoms with Gasteiger partial charge >= 0.3 is 18.2 Å². The molecule has 0 saturated heterocycles. The summed E-state index contributed by atoms with van der Waals surface area (Å²) in [5.74, 6) is -1.58. The van der Waals surface area contributed by atoms with Crippen molar-refractivity contribution in [3.05, 3.63) is 29.3 Å². The van der Waals surface area contributed by atoms with Crippen LogP contribution in [-0.2, 0) is 6.18 Å². The van der Waals surface area contributed by atoms with Gasteiger partial charge in [-0.2, -0.15) is 13.2 Å². The monoisotopic (exact) mass is 291 g/mol. The molecular weight excluding hydrogens is 279 g/mol. The second-order valence-electron chi connectivity index (χ2n) is 3.73. The fourth-order valence-corrected chi connectivity index (χ4v) is 1.36. The summed E-state index contributed by atoms with van der Waals surface area (Å²) in [5.41, 5.74) is 3.16. The first-order valence-electron chi connectivity index (χ1n) is 5.45. The Hall–Kier alpha value is -2.29. The van der Waals surface area contributed by atoms with Crippen molar-refractivity contribution in [2.75, 3.05) is 18.4 Å². The molecule has 0 bridgehead atoms. The zero-order valence-corrected chi connectivity index (χ0v) is 10.1. The maximum atomic E-state index is 12.5. The molecule has 0 spiro atoms. The molecule has 0 aromatic heterocycles. The van der Waals surface area contributed by atoms with Crippen LogP contribution >= 0.6 is 0 Å². The third-order valence-electron chi connectivity index (χ3n) is 2.26. The fraction of sp³-hybridized carbons (Fsp3) is 0.273. The van der Waals surface area contributed by atoms with Crippen LogP contribution in [0.25, 0.3) is 0 Å². The second kappa shape index (κ2) is 6.24. The molecule has 1 aromatic rings. The number of hydrogen-bond acceptors (Lipinski definition) is 3. The van der Waals surface area contributed by atoms with Crippen molar-refractivity contribution < 1.29 is 27.9 Å². The maximum Gasteiger partial charge on any atom is 0.416 e. The van der Waals surface area contributed by atoms with Gasteiger partial charge in [0.05, 0.1) is 16.8 Å². The van der Waals surface area contributed by atoms with Crippen molar-refractivity contribution >= 4 is 17.7 Å². The van der Waals surface area contributed by atoms with Gasteiger partial charge in [-0.1, -0.05) is 0 Å². The van der Waals surface area contributed by atoms with Crippen molar-refractivity contribution in [3.8, 4) is 0 Å². The van der Waals surface area contributed by atoms with Gasteiger partial charge < -0.3 is 21.5 Å². The number of carbonyl (C=O) groups is 2. The number of carboxylic acids is 1. The number of carboxylic acid groups (broad SMARTS) is 1. The van der Waals surface area contributed by atoms with E-state index in [0.717, 1.165) is 6.07 Å². The third-order valence-corrected chi connectivity index (χ3v) is 2.26. The first-order valence-corrected chi connectivity index (χ1v) is 5.45. The summed E-state index contributed by atoms with van der Waals surface area (Å²) >= 11 is 0. The highest BCUT2D eigenvalue weighted by molar-refractivity contribution is 6.00. The number of nitrogens with two attached hydrogens (primary N) is 1. The molecule has 0 atom stereocenters. The Labute approximate surface area is 111 Å². The highest BCUT2D eigenvalue weighted by Gasteiger charge is 2.32. The van der Waals surface area contributed by atoms with E-state index in [0.29, 0.717) is 12.1 Å². The summed E-state index contributed by atoms with van der Waals surface area (Å²) in [7, 11) is 0. The van der Waals surface area contributed by atoms with Gasteiger partial charge in [0.25, 0.3) is 0 Å². The minimum absolute atomic E-state index is 0.148. The minimum Gasteiger partial charge on any atom is -0.478 e. The van der Waals surface area contributed by atoms with Gasteiger partial charge in [0.15, 0.2) is 0 Å². The summed E-state index contributed by atoms with van der Waals surface area (Å²) in [6.45, 7) is 0.321. The van der Waals surface area contributed by atoms with E-state index in [1.807, 2.05) is 0 Å². The lowest BCUT2D eigenvalue weighted by molar-refractivity contribution is -0.137. The summed E-state index contributed by atoms with van der Waals surface area (Å²) in [4.78, 5) is 22.3. The number of anilines is 1. The Morgan fingerprint density at radius 1 is 1.30 bits per heavy atom. The van der Waals surface area contributed by atoms with E-state index in [1.165, 1.54) is 0 Å². The Bertz CT molecular complexity index is 517. The van der Waals surface area contributed by atoms with Crippen LogP contribution in [0.2, 0.25) is 0 Å². The molecule has 2 amide bonds. The zero-order chi connectivity index (χ0) is 15.3. The Morgan fingerprint density at radius 2 is 1.95 bits per heavy atom. The largest absolute Gasteiger partial charge is 0.478 e. The highest BCUT2D eigenvalue weighted by atomic mass is 19.4. The molecule has 0 aliphatic heterocycles. The first-order chi connectivity index (χ1) is 9.25. The van der Waals surface area contributed by atoms with Gasteiger partial charge in [0.1, 0.15) is 0 Å². The highest BCUT2D eigenvalue weighted by Crippen LogP contribution is 2.31. The van der Waals surface area contributed by atoms with Crippen molar-refractivity contribution in [1.29, 1.82) is 0 Å².